The summed E-state index contributed by atoms with van der Waals surface area (Å²) in [6.07, 6.45) is 2.77. The van der Waals surface area contributed by atoms with Crippen LogP contribution in [0, 0.1) is 11.8 Å². The molecule has 0 rings (SSSR count). The second kappa shape index (κ2) is 9.34. The molecule has 0 radical (unpaired) electrons. The smallest absolute Gasteiger partial charge is 0.222 e. The fourth-order valence-corrected chi connectivity index (χ4v) is 2.03. The van der Waals surface area contributed by atoms with Crippen molar-refractivity contribution in [2.45, 2.75) is 52.6 Å². The third-order valence-corrected chi connectivity index (χ3v) is 3.52. The zero-order chi connectivity index (χ0) is 14.1. The van der Waals surface area contributed by atoms with E-state index in [9.17, 15) is 9.90 Å². The van der Waals surface area contributed by atoms with Crippen molar-refractivity contribution in [3.63, 3.8) is 0 Å². The van der Waals surface area contributed by atoms with Crippen LogP contribution in [-0.4, -0.2) is 42.2 Å². The monoisotopic (exact) mass is 258 g/mol. The van der Waals surface area contributed by atoms with Gasteiger partial charge < -0.3 is 15.7 Å². The Morgan fingerprint density at radius 1 is 1.22 bits per heavy atom. The number of aliphatic hydroxyl groups is 1. The van der Waals surface area contributed by atoms with Gasteiger partial charge in [0, 0.05) is 20.0 Å². The molecule has 0 saturated carbocycles. The van der Waals surface area contributed by atoms with Gasteiger partial charge in [-0.25, -0.2) is 0 Å². The predicted octanol–water partition coefficient (Wildman–Crippen LogP) is 1.62. The lowest BCUT2D eigenvalue weighted by atomic mass is 9.88. The van der Waals surface area contributed by atoms with Crippen molar-refractivity contribution in [3.05, 3.63) is 0 Å². The minimum atomic E-state index is -0.346. The Labute approximate surface area is 112 Å². The van der Waals surface area contributed by atoms with Crippen LogP contribution in [0.2, 0.25) is 0 Å². The van der Waals surface area contributed by atoms with Gasteiger partial charge in [-0.05, 0) is 44.6 Å². The molecule has 0 aromatic rings. The zero-order valence-electron chi connectivity index (χ0n) is 12.4. The first-order chi connectivity index (χ1) is 8.38. The number of hydrogen-bond acceptors (Lipinski definition) is 3. The van der Waals surface area contributed by atoms with Gasteiger partial charge in [0.1, 0.15) is 0 Å². The zero-order valence-corrected chi connectivity index (χ0v) is 12.4. The van der Waals surface area contributed by atoms with Gasteiger partial charge >= 0.3 is 0 Å². The average molecular weight is 258 g/mol. The second-order valence-corrected chi connectivity index (χ2v) is 5.57. The highest BCUT2D eigenvalue weighted by Crippen LogP contribution is 2.20. The summed E-state index contributed by atoms with van der Waals surface area (Å²) in [6, 6.07) is 0. The highest BCUT2D eigenvalue weighted by molar-refractivity contribution is 5.75. The van der Waals surface area contributed by atoms with E-state index in [1.54, 1.807) is 18.9 Å². The average Bonchev–Trinajstić information content (AvgIpc) is 2.30. The Balaban J connectivity index is 3.98. The number of carbonyl (C=O) groups excluding carboxylic acids is 1. The van der Waals surface area contributed by atoms with Gasteiger partial charge in [-0.2, -0.15) is 0 Å². The van der Waals surface area contributed by atoms with E-state index in [1.165, 1.54) is 0 Å². The Hall–Kier alpha value is -0.610. The molecule has 18 heavy (non-hydrogen) atoms. The summed E-state index contributed by atoms with van der Waals surface area (Å²) in [5.41, 5.74) is 5.59. The molecule has 108 valence electrons. The van der Waals surface area contributed by atoms with Crippen LogP contribution in [0.1, 0.15) is 46.5 Å². The lowest BCUT2D eigenvalue weighted by molar-refractivity contribution is -0.130. The topological polar surface area (TPSA) is 66.6 Å². The van der Waals surface area contributed by atoms with E-state index < -0.39 is 0 Å². The highest BCUT2D eigenvalue weighted by atomic mass is 16.3. The van der Waals surface area contributed by atoms with E-state index in [4.69, 9.17) is 5.73 Å². The maximum atomic E-state index is 11.9. The van der Waals surface area contributed by atoms with Crippen LogP contribution in [0.5, 0.6) is 0 Å². The van der Waals surface area contributed by atoms with E-state index in [0.29, 0.717) is 37.8 Å². The summed E-state index contributed by atoms with van der Waals surface area (Å²) in [5.74, 6) is 1.27. The molecule has 4 heteroatoms. The molecule has 0 aromatic carbocycles. The number of nitrogens with zero attached hydrogens (tertiary/aromatic N) is 1. The SMILES string of the molecule is CC(O)CCN(C)C(=O)CCC(CCN)C(C)C. The maximum Gasteiger partial charge on any atom is 0.222 e. The fraction of sp³-hybridized carbons (Fsp3) is 0.929. The van der Waals surface area contributed by atoms with Gasteiger partial charge in [0.05, 0.1) is 6.10 Å². The summed E-state index contributed by atoms with van der Waals surface area (Å²) in [7, 11) is 1.80. The van der Waals surface area contributed by atoms with Gasteiger partial charge in [-0.3, -0.25) is 4.79 Å². The van der Waals surface area contributed by atoms with Crippen molar-refractivity contribution in [1.29, 1.82) is 0 Å². The molecular weight excluding hydrogens is 228 g/mol. The number of amides is 1. The first-order valence-corrected chi connectivity index (χ1v) is 7.00. The lowest BCUT2D eigenvalue weighted by Gasteiger charge is -2.22. The van der Waals surface area contributed by atoms with Crippen molar-refractivity contribution < 1.29 is 9.90 Å². The molecule has 4 nitrogen and oxygen atoms in total. The van der Waals surface area contributed by atoms with E-state index in [-0.39, 0.29) is 12.0 Å². The van der Waals surface area contributed by atoms with Crippen molar-refractivity contribution in [1.82, 2.24) is 4.90 Å². The van der Waals surface area contributed by atoms with Crippen LogP contribution in [0.15, 0.2) is 0 Å². The van der Waals surface area contributed by atoms with Gasteiger partial charge in [0.2, 0.25) is 5.91 Å². The minimum absolute atomic E-state index is 0.165. The molecule has 0 fully saturated rings. The molecular formula is C14H30N2O2. The van der Waals surface area contributed by atoms with Gasteiger partial charge in [0.15, 0.2) is 0 Å². The van der Waals surface area contributed by atoms with Crippen molar-refractivity contribution in [2.24, 2.45) is 17.6 Å². The molecule has 0 aliphatic carbocycles. The van der Waals surface area contributed by atoms with Crippen LogP contribution in [0.25, 0.3) is 0 Å². The number of carbonyl (C=O) groups is 1. The second-order valence-electron chi connectivity index (χ2n) is 5.57. The highest BCUT2D eigenvalue weighted by Gasteiger charge is 2.16. The van der Waals surface area contributed by atoms with Crippen LogP contribution in [0.4, 0.5) is 0 Å². The number of nitrogens with two attached hydrogens (primary N) is 1. The molecule has 0 aliphatic heterocycles. The van der Waals surface area contributed by atoms with Gasteiger partial charge in [-0.1, -0.05) is 13.8 Å². The normalized spacial score (nSPS) is 14.6. The summed E-state index contributed by atoms with van der Waals surface area (Å²) in [4.78, 5) is 13.6. The van der Waals surface area contributed by atoms with Gasteiger partial charge in [0.25, 0.3) is 0 Å². The molecule has 3 N–H and O–H groups in total. The predicted molar refractivity (Wildman–Crippen MR) is 75.2 cm³/mol. The van der Waals surface area contributed by atoms with Crippen molar-refractivity contribution in [3.8, 4) is 0 Å². The summed E-state index contributed by atoms with van der Waals surface area (Å²) in [6.45, 7) is 7.42. The number of hydrogen-bond donors (Lipinski definition) is 2. The number of rotatable bonds is 9. The van der Waals surface area contributed by atoms with E-state index >= 15 is 0 Å². The summed E-state index contributed by atoms with van der Waals surface area (Å²) < 4.78 is 0. The van der Waals surface area contributed by atoms with Crippen LogP contribution in [-0.2, 0) is 4.79 Å². The minimum Gasteiger partial charge on any atom is -0.393 e. The number of aliphatic hydroxyl groups excluding tert-OH is 1. The third kappa shape index (κ3) is 7.67. The standard InChI is InChI=1S/C14H30N2O2/c1-11(2)13(7-9-15)5-6-14(18)16(4)10-8-12(3)17/h11-13,17H,5-10,15H2,1-4H3. The summed E-state index contributed by atoms with van der Waals surface area (Å²) in [5, 5.41) is 9.19. The molecule has 0 spiro atoms. The van der Waals surface area contributed by atoms with E-state index in [0.717, 1.165) is 12.8 Å². The quantitative estimate of drug-likeness (QED) is 0.660. The Kier molecular flexibility index (Phi) is 9.02. The van der Waals surface area contributed by atoms with Crippen LogP contribution in [0.3, 0.4) is 0 Å². The van der Waals surface area contributed by atoms with Crippen molar-refractivity contribution >= 4 is 5.91 Å². The summed E-state index contributed by atoms with van der Waals surface area (Å²) >= 11 is 0. The molecule has 0 heterocycles. The van der Waals surface area contributed by atoms with E-state index in [1.807, 2.05) is 0 Å². The van der Waals surface area contributed by atoms with Crippen LogP contribution < -0.4 is 5.73 Å². The largest absolute Gasteiger partial charge is 0.393 e. The molecule has 0 aliphatic rings. The lowest BCUT2D eigenvalue weighted by Crippen LogP contribution is -2.30. The molecule has 1 amide bonds. The molecule has 0 aromatic heterocycles. The van der Waals surface area contributed by atoms with Gasteiger partial charge in [-0.15, -0.1) is 0 Å². The molecule has 0 bridgehead atoms. The Morgan fingerprint density at radius 2 is 1.83 bits per heavy atom. The van der Waals surface area contributed by atoms with Crippen molar-refractivity contribution in [2.75, 3.05) is 20.1 Å². The molecule has 2 unspecified atom stereocenters. The Morgan fingerprint density at radius 3 is 2.28 bits per heavy atom. The first-order valence-electron chi connectivity index (χ1n) is 7.00. The third-order valence-electron chi connectivity index (χ3n) is 3.52. The molecule has 2 atom stereocenters. The molecule has 0 saturated heterocycles. The Bertz CT molecular complexity index is 230. The first kappa shape index (κ1) is 17.4. The van der Waals surface area contributed by atoms with Crippen LogP contribution >= 0.6 is 0 Å². The maximum absolute atomic E-state index is 11.9. The fourth-order valence-electron chi connectivity index (χ4n) is 2.03. The van der Waals surface area contributed by atoms with E-state index in [2.05, 4.69) is 13.8 Å².